The highest BCUT2D eigenvalue weighted by Gasteiger charge is 2.30. The van der Waals surface area contributed by atoms with Crippen molar-refractivity contribution < 1.29 is 0 Å². The highest BCUT2D eigenvalue weighted by Crippen LogP contribution is 2.40. The van der Waals surface area contributed by atoms with Crippen molar-refractivity contribution in [2.75, 3.05) is 10.6 Å². The van der Waals surface area contributed by atoms with Gasteiger partial charge in [0, 0.05) is 11.4 Å². The second-order valence-corrected chi connectivity index (χ2v) is 13.7. The molecule has 0 spiro atoms. The maximum Gasteiger partial charge on any atom is 0.0760 e. The van der Waals surface area contributed by atoms with E-state index >= 15 is 0 Å². The standard InChI is InChI=1S/C46H44N2/c1-3-7-41(8-4-1)47-45(43-31-37-21-19-33-11-15-35(16-12-33)23-27-39(43)29-25-37)46(48-42-9-5-2-6-10-42)44-32-38-22-20-34-13-17-36(18-14-34)24-28-40(44)30-26-38/h1-18,25-26,29-32,45-48H,19-24,27-28H2/t45-,46-/m1/s1. The van der Waals surface area contributed by atoms with Gasteiger partial charge in [0.25, 0.3) is 0 Å². The predicted molar refractivity (Wildman–Crippen MR) is 201 cm³/mol. The second kappa shape index (κ2) is 14.0. The maximum absolute atomic E-state index is 4.11. The van der Waals surface area contributed by atoms with Crippen LogP contribution in [0.15, 0.2) is 146 Å². The highest BCUT2D eigenvalue weighted by molar-refractivity contribution is 5.54. The largest absolute Gasteiger partial charge is 0.376 e. The van der Waals surface area contributed by atoms with Crippen LogP contribution in [0.3, 0.4) is 0 Å². The van der Waals surface area contributed by atoms with Crippen LogP contribution in [-0.2, 0) is 51.4 Å². The van der Waals surface area contributed by atoms with Gasteiger partial charge in [-0.2, -0.15) is 0 Å². The first kappa shape index (κ1) is 30.3. The molecule has 6 aromatic carbocycles. The minimum absolute atomic E-state index is 0.00778. The van der Waals surface area contributed by atoms with Crippen molar-refractivity contribution in [3.8, 4) is 0 Å². The van der Waals surface area contributed by atoms with Gasteiger partial charge >= 0.3 is 0 Å². The molecule has 2 N–H and O–H groups in total. The zero-order valence-electron chi connectivity index (χ0n) is 27.7. The first-order chi connectivity index (χ1) is 23.7. The van der Waals surface area contributed by atoms with Gasteiger partial charge in [-0.05, 0) is 131 Å². The molecule has 2 atom stereocenters. The molecule has 0 saturated heterocycles. The number of hydrogen-bond acceptors (Lipinski definition) is 2. The molecule has 48 heavy (non-hydrogen) atoms. The molecule has 0 saturated carbocycles. The quantitative estimate of drug-likeness (QED) is 0.185. The number of hydrogen-bond donors (Lipinski definition) is 2. The molecule has 2 heteroatoms. The first-order valence-corrected chi connectivity index (χ1v) is 17.8. The van der Waals surface area contributed by atoms with Gasteiger partial charge < -0.3 is 10.6 Å². The summed E-state index contributed by atoms with van der Waals surface area (Å²) >= 11 is 0. The SMILES string of the molecule is c1ccc(N[C@H](c2cc3ccc2CCc2ccc(cc2)CC3)[C@H](Nc2ccccc2)c2cc3ccc2CCc2ccc(cc2)CC3)cc1. The second-order valence-electron chi connectivity index (χ2n) is 13.7. The summed E-state index contributed by atoms with van der Waals surface area (Å²) < 4.78 is 0. The van der Waals surface area contributed by atoms with Crippen LogP contribution in [0.5, 0.6) is 0 Å². The normalized spacial score (nSPS) is 15.1. The Bertz CT molecular complexity index is 1810. The van der Waals surface area contributed by atoms with Crippen LogP contribution in [-0.4, -0.2) is 0 Å². The van der Waals surface area contributed by atoms with E-state index in [1.165, 1.54) is 55.6 Å². The van der Waals surface area contributed by atoms with Crippen molar-refractivity contribution in [3.63, 3.8) is 0 Å². The summed E-state index contributed by atoms with van der Waals surface area (Å²) in [7, 11) is 0. The van der Waals surface area contributed by atoms with E-state index in [4.69, 9.17) is 0 Å². The smallest absolute Gasteiger partial charge is 0.0760 e. The van der Waals surface area contributed by atoms with Crippen molar-refractivity contribution in [3.05, 3.63) is 201 Å². The van der Waals surface area contributed by atoms with E-state index in [2.05, 4.69) is 156 Å². The van der Waals surface area contributed by atoms with Gasteiger partial charge in [0.2, 0.25) is 0 Å². The van der Waals surface area contributed by atoms with Crippen molar-refractivity contribution in [2.24, 2.45) is 0 Å². The van der Waals surface area contributed by atoms with Crippen molar-refractivity contribution in [1.29, 1.82) is 0 Å². The lowest BCUT2D eigenvalue weighted by atomic mass is 9.82. The average Bonchev–Trinajstić information content (AvgIpc) is 3.13. The van der Waals surface area contributed by atoms with E-state index in [1.54, 1.807) is 0 Å². The third-order valence-electron chi connectivity index (χ3n) is 10.4. The van der Waals surface area contributed by atoms with E-state index < -0.39 is 0 Å². The zero-order chi connectivity index (χ0) is 32.1. The van der Waals surface area contributed by atoms with E-state index in [-0.39, 0.29) is 12.1 Å². The Morgan fingerprint density at radius 3 is 1.00 bits per heavy atom. The third kappa shape index (κ3) is 6.94. The highest BCUT2D eigenvalue weighted by atomic mass is 15.0. The van der Waals surface area contributed by atoms with Gasteiger partial charge in [-0.1, -0.05) is 121 Å². The fourth-order valence-corrected chi connectivity index (χ4v) is 7.62. The maximum atomic E-state index is 4.11. The van der Waals surface area contributed by atoms with E-state index in [0.717, 1.165) is 62.7 Å². The molecule has 0 fully saturated rings. The predicted octanol–water partition coefficient (Wildman–Crippen LogP) is 10.5. The van der Waals surface area contributed by atoms with Gasteiger partial charge in [-0.3, -0.25) is 0 Å². The Morgan fingerprint density at radius 2 is 0.625 bits per heavy atom. The first-order valence-electron chi connectivity index (χ1n) is 17.8. The number of rotatable bonds is 7. The zero-order valence-corrected chi connectivity index (χ0v) is 27.7. The molecular formula is C46H44N2. The van der Waals surface area contributed by atoms with Gasteiger partial charge in [-0.25, -0.2) is 0 Å². The Morgan fingerprint density at radius 1 is 0.312 bits per heavy atom. The summed E-state index contributed by atoms with van der Waals surface area (Å²) in [6.45, 7) is 0. The molecule has 6 aromatic rings. The summed E-state index contributed by atoms with van der Waals surface area (Å²) in [5.41, 5.74) is 16.4. The van der Waals surface area contributed by atoms with E-state index in [0.29, 0.717) is 0 Å². The molecule has 0 radical (unpaired) electrons. The van der Waals surface area contributed by atoms with E-state index in [1.807, 2.05) is 0 Å². The molecule has 0 heterocycles. The van der Waals surface area contributed by atoms with E-state index in [9.17, 15) is 0 Å². The number of nitrogens with one attached hydrogen (secondary N) is 2. The molecule has 238 valence electrons. The molecule has 0 aromatic heterocycles. The molecule has 2 nitrogen and oxygen atoms in total. The number of benzene rings is 6. The van der Waals surface area contributed by atoms with Crippen LogP contribution in [0.2, 0.25) is 0 Å². The molecule has 8 aliphatic carbocycles. The monoisotopic (exact) mass is 624 g/mol. The third-order valence-corrected chi connectivity index (χ3v) is 10.4. The molecule has 14 rings (SSSR count). The Labute approximate surface area is 285 Å². The topological polar surface area (TPSA) is 24.1 Å². The minimum atomic E-state index is -0.00778. The lowest BCUT2D eigenvalue weighted by Gasteiger charge is -2.35. The number of anilines is 2. The van der Waals surface area contributed by atoms with Gasteiger partial charge in [0.15, 0.2) is 0 Å². The lowest BCUT2D eigenvalue weighted by molar-refractivity contribution is 0.633. The van der Waals surface area contributed by atoms with Gasteiger partial charge in [-0.15, -0.1) is 0 Å². The van der Waals surface area contributed by atoms with Gasteiger partial charge in [0.1, 0.15) is 0 Å². The van der Waals surface area contributed by atoms with Crippen molar-refractivity contribution in [1.82, 2.24) is 0 Å². The molecule has 0 amide bonds. The molecule has 8 aliphatic rings. The summed E-state index contributed by atoms with van der Waals surface area (Å²) in [6, 6.07) is 54.9. The van der Waals surface area contributed by atoms with Crippen LogP contribution < -0.4 is 10.6 Å². The molecule has 0 aliphatic heterocycles. The Hall–Kier alpha value is -5.08. The Balaban J connectivity index is 1.29. The molecule has 8 bridgehead atoms. The van der Waals surface area contributed by atoms with Crippen LogP contribution in [0.4, 0.5) is 11.4 Å². The number of para-hydroxylation sites is 2. The summed E-state index contributed by atoms with van der Waals surface area (Å²) in [5.74, 6) is 0. The summed E-state index contributed by atoms with van der Waals surface area (Å²) in [4.78, 5) is 0. The van der Waals surface area contributed by atoms with Gasteiger partial charge in [0.05, 0.1) is 12.1 Å². The molecule has 0 unspecified atom stereocenters. The lowest BCUT2D eigenvalue weighted by Crippen LogP contribution is -2.28. The van der Waals surface area contributed by atoms with Crippen molar-refractivity contribution in [2.45, 2.75) is 63.5 Å². The minimum Gasteiger partial charge on any atom is -0.376 e. The van der Waals surface area contributed by atoms with Crippen LogP contribution in [0.1, 0.15) is 67.7 Å². The van der Waals surface area contributed by atoms with Crippen LogP contribution in [0.25, 0.3) is 0 Å². The summed E-state index contributed by atoms with van der Waals surface area (Å²) in [5, 5.41) is 8.22. The average molecular weight is 625 g/mol. The number of aryl methyl sites for hydroxylation is 8. The van der Waals surface area contributed by atoms with Crippen LogP contribution >= 0.6 is 0 Å². The summed E-state index contributed by atoms with van der Waals surface area (Å²) in [6.07, 6.45) is 8.22. The Kier molecular flexibility index (Phi) is 8.80. The fourth-order valence-electron chi connectivity index (χ4n) is 7.62. The fraction of sp³-hybridized carbons (Fsp3) is 0.217. The van der Waals surface area contributed by atoms with Crippen LogP contribution in [0, 0.1) is 0 Å². The van der Waals surface area contributed by atoms with Crippen molar-refractivity contribution >= 4 is 11.4 Å². The molecular weight excluding hydrogens is 581 g/mol.